The number of hydrogen-bond acceptors (Lipinski definition) is 15. The molecule has 1 aromatic heterocycles. The van der Waals surface area contributed by atoms with Gasteiger partial charge < -0.3 is 76.6 Å². The summed E-state index contributed by atoms with van der Waals surface area (Å²) in [4.78, 5) is 146. The fourth-order valence-electron chi connectivity index (χ4n) is 10.1. The van der Waals surface area contributed by atoms with Crippen LogP contribution in [0.3, 0.4) is 0 Å². The number of rotatable bonds is 45. The molecular formula is C60H100N16O11. The Balaban J connectivity index is 2.57. The van der Waals surface area contributed by atoms with Crippen LogP contribution < -0.4 is 61.4 Å². The number of aliphatic hydroxyl groups is 1. The molecule has 2 rings (SSSR count). The van der Waals surface area contributed by atoms with Crippen LogP contribution in [-0.2, 0) is 56.0 Å². The van der Waals surface area contributed by atoms with Gasteiger partial charge in [0.05, 0.1) is 37.0 Å². The van der Waals surface area contributed by atoms with E-state index < -0.39 is 126 Å². The average molecular weight is 1220 g/mol. The lowest BCUT2D eigenvalue weighted by atomic mass is 9.85. The van der Waals surface area contributed by atoms with Gasteiger partial charge in [-0.3, -0.25) is 58.1 Å². The minimum Gasteiger partial charge on any atom is -0.508 e. The summed E-state index contributed by atoms with van der Waals surface area (Å²) < 4.78 is 0. The highest BCUT2D eigenvalue weighted by Gasteiger charge is 2.37. The molecule has 0 aliphatic rings. The van der Waals surface area contributed by atoms with Crippen molar-refractivity contribution in [3.63, 3.8) is 0 Å². The van der Waals surface area contributed by atoms with E-state index in [2.05, 4.69) is 46.2 Å². The molecule has 21 N–H and O–H groups in total. The SMILES string of the molecule is CC[C@@H](Cc1ccc(O)cc1)C(=O)N[C@@H](CCCN=C(N)N)C(=O)C[C@H](Cc1cnc[nH]1)C(=O)N[C@@H](CCCN=C(N)N)C(=O)C[C@@H](CCCN=C(N)N)C(=O)N[C@@H](CC(C)C)C(=O)C[C@@H](CC(C)C)C(=O)N[C@@H](CO)C(=O)C[C@H](C(N)=O)[C@@H](C)CC. The number of nitrogens with one attached hydrogen (secondary N) is 5. The van der Waals surface area contributed by atoms with E-state index in [0.717, 1.165) is 5.56 Å². The zero-order chi connectivity index (χ0) is 65.3. The molecule has 0 unspecified atom stereocenters. The molecule has 10 atom stereocenters. The monoisotopic (exact) mass is 1220 g/mol. The van der Waals surface area contributed by atoms with Crippen LogP contribution in [0.15, 0.2) is 51.8 Å². The van der Waals surface area contributed by atoms with Gasteiger partial charge in [0, 0.05) is 87.3 Å². The van der Waals surface area contributed by atoms with Crippen molar-refractivity contribution in [2.75, 3.05) is 26.2 Å². The van der Waals surface area contributed by atoms with Gasteiger partial charge in [0.15, 0.2) is 41.0 Å². The Morgan fingerprint density at radius 1 is 0.529 bits per heavy atom. The van der Waals surface area contributed by atoms with Crippen molar-refractivity contribution in [2.24, 2.45) is 102 Å². The number of imidazole rings is 1. The van der Waals surface area contributed by atoms with E-state index in [0.29, 0.717) is 25.0 Å². The minimum absolute atomic E-state index is 0.0165. The van der Waals surface area contributed by atoms with Crippen LogP contribution in [0.2, 0.25) is 0 Å². The number of aromatic nitrogens is 2. The third-order valence-electron chi connectivity index (χ3n) is 15.2. The quantitative estimate of drug-likeness (QED) is 0.0249. The Morgan fingerprint density at radius 2 is 0.966 bits per heavy atom. The molecule has 87 heavy (non-hydrogen) atoms. The van der Waals surface area contributed by atoms with Gasteiger partial charge in [-0.2, -0.15) is 0 Å². The number of hydrogen-bond donors (Lipinski definition) is 14. The van der Waals surface area contributed by atoms with Crippen LogP contribution in [0, 0.1) is 47.3 Å². The number of primary amides is 1. The molecule has 27 nitrogen and oxygen atoms in total. The summed E-state index contributed by atoms with van der Waals surface area (Å²) in [6.45, 7) is 12.4. The molecule has 1 aromatic carbocycles. The predicted molar refractivity (Wildman–Crippen MR) is 332 cm³/mol. The van der Waals surface area contributed by atoms with Gasteiger partial charge in [-0.15, -0.1) is 0 Å². The van der Waals surface area contributed by atoms with Crippen molar-refractivity contribution in [2.45, 2.75) is 175 Å². The summed E-state index contributed by atoms with van der Waals surface area (Å²) in [5.74, 6) is -11.0. The number of aliphatic imine (C=N–C) groups is 3. The Kier molecular flexibility index (Phi) is 34.3. The van der Waals surface area contributed by atoms with E-state index in [1.807, 2.05) is 41.5 Å². The first-order chi connectivity index (χ1) is 41.1. The maximum Gasteiger partial charge on any atom is 0.224 e. The molecule has 0 saturated carbocycles. The zero-order valence-electron chi connectivity index (χ0n) is 51.9. The summed E-state index contributed by atoms with van der Waals surface area (Å²) in [6.07, 6.45) is 3.74. The van der Waals surface area contributed by atoms with E-state index in [1.165, 1.54) is 24.7 Å². The van der Waals surface area contributed by atoms with E-state index in [9.17, 15) is 53.4 Å². The standard InChI is InChI=1S/C60H100N16O11/c1-8-36(7)44(53(61)83)30-52(82)48(32-77)76-56(86)40(23-34(3)4)28-51(81)47(24-35(5)6)75-55(85)39(13-10-20-69-58(62)63)27-49(79)45(14-11-21-70-59(64)65)74-57(87)41(26-42-31-68-33-72-42)29-50(80)46(15-12-22-71-60(66)67)73-54(84)38(9-2)25-37-16-18-43(78)19-17-37/h16-19,31,33-36,38-41,44-48,77-78H,8-15,20-30,32H2,1-7H3,(H2,61,83)(H,68,72)(H,73,84)(H,74,87)(H,75,85)(H,76,86)(H4,62,63,69)(H4,64,65,70)(H4,66,67,71)/t36-,38-,39+,40+,41-,44-,45-,46-,47-,48-/m0/s1. The summed E-state index contributed by atoms with van der Waals surface area (Å²) in [6, 6.07) is 1.56. The second-order valence-electron chi connectivity index (χ2n) is 23.5. The third-order valence-corrected chi connectivity index (χ3v) is 15.2. The number of H-pyrrole nitrogens is 1. The molecule has 0 bridgehead atoms. The van der Waals surface area contributed by atoms with Crippen molar-refractivity contribution in [1.29, 1.82) is 0 Å². The maximum atomic E-state index is 14.8. The van der Waals surface area contributed by atoms with Crippen molar-refractivity contribution < 1.29 is 53.4 Å². The van der Waals surface area contributed by atoms with Gasteiger partial charge in [0.2, 0.25) is 29.5 Å². The molecule has 0 fully saturated rings. The summed E-state index contributed by atoms with van der Waals surface area (Å²) >= 11 is 0. The second-order valence-corrected chi connectivity index (χ2v) is 23.5. The number of aromatic hydroxyl groups is 1. The van der Waals surface area contributed by atoms with Gasteiger partial charge >= 0.3 is 0 Å². The normalized spacial score (nSPS) is 14.7. The van der Waals surface area contributed by atoms with Crippen LogP contribution >= 0.6 is 0 Å². The second kappa shape index (κ2) is 39.7. The maximum absolute atomic E-state index is 14.8. The molecule has 0 aliphatic heterocycles. The number of guanidine groups is 3. The van der Waals surface area contributed by atoms with E-state index >= 15 is 0 Å². The third kappa shape index (κ3) is 29.3. The van der Waals surface area contributed by atoms with Gasteiger partial charge in [0.25, 0.3) is 0 Å². The molecule has 1 heterocycles. The summed E-state index contributed by atoms with van der Waals surface area (Å²) in [7, 11) is 0. The minimum atomic E-state index is -1.38. The van der Waals surface area contributed by atoms with Crippen LogP contribution in [0.1, 0.15) is 150 Å². The van der Waals surface area contributed by atoms with E-state index in [-0.39, 0.29) is 132 Å². The van der Waals surface area contributed by atoms with Crippen LogP contribution in [0.25, 0.3) is 0 Å². The van der Waals surface area contributed by atoms with Crippen LogP contribution in [-0.4, -0.2) is 141 Å². The number of phenols is 1. The van der Waals surface area contributed by atoms with Crippen molar-refractivity contribution >= 4 is 70.5 Å². The lowest BCUT2D eigenvalue weighted by Crippen LogP contribution is -2.50. The fourth-order valence-corrected chi connectivity index (χ4v) is 10.1. The van der Waals surface area contributed by atoms with Gasteiger partial charge in [-0.25, -0.2) is 4.98 Å². The number of ketones is 4. The molecule has 5 amide bonds. The van der Waals surface area contributed by atoms with Gasteiger partial charge in [0.1, 0.15) is 11.8 Å². The van der Waals surface area contributed by atoms with Crippen LogP contribution in [0.5, 0.6) is 5.75 Å². The van der Waals surface area contributed by atoms with Crippen molar-refractivity contribution in [3.8, 4) is 5.75 Å². The number of benzene rings is 1. The van der Waals surface area contributed by atoms with Crippen molar-refractivity contribution in [3.05, 3.63) is 48.0 Å². The zero-order valence-corrected chi connectivity index (χ0v) is 51.9. The lowest BCUT2D eigenvalue weighted by molar-refractivity contribution is -0.136. The molecule has 2 aromatic rings. The molecule has 0 saturated heterocycles. The largest absolute Gasteiger partial charge is 0.508 e. The number of Topliss-reactive ketones (excluding diaryl/α,β-unsaturated/α-hetero) is 4. The summed E-state index contributed by atoms with van der Waals surface area (Å²) in [5, 5.41) is 31.3. The smallest absolute Gasteiger partial charge is 0.224 e. The van der Waals surface area contributed by atoms with Gasteiger partial charge in [-0.05, 0) is 99.7 Å². The molecule has 486 valence electrons. The number of aliphatic hydroxyl groups excluding tert-OH is 1. The molecule has 0 aliphatic carbocycles. The van der Waals surface area contributed by atoms with Crippen LogP contribution in [0.4, 0.5) is 0 Å². The molecule has 27 heteroatoms. The number of amides is 5. The number of carbonyl (C=O) groups is 9. The topological polar surface area (TPSA) is 490 Å². The Hall–Kier alpha value is -7.97. The predicted octanol–water partition coefficient (Wildman–Crippen LogP) is 0.944. The van der Waals surface area contributed by atoms with Gasteiger partial charge in [-0.1, -0.05) is 67.0 Å². The number of phenolic OH excluding ortho intramolecular Hbond substituents is 1. The summed E-state index contributed by atoms with van der Waals surface area (Å²) in [5.41, 5.74) is 40.5. The molecule has 0 spiro atoms. The number of nitrogens with zero attached hydrogens (tertiary/aromatic N) is 4. The Bertz CT molecular complexity index is 2600. The molecular weight excluding hydrogens is 1120 g/mol. The van der Waals surface area contributed by atoms with Crippen molar-refractivity contribution in [1.82, 2.24) is 31.2 Å². The lowest BCUT2D eigenvalue weighted by Gasteiger charge is -2.27. The highest BCUT2D eigenvalue weighted by molar-refractivity contribution is 5.98. The number of nitrogens with two attached hydrogens (primary N) is 7. The highest BCUT2D eigenvalue weighted by atomic mass is 16.3. The number of aromatic amines is 1. The first kappa shape index (κ1) is 75.1. The first-order valence-corrected chi connectivity index (χ1v) is 30.2. The number of carbonyl (C=O) groups excluding carboxylic acids is 9. The highest BCUT2D eigenvalue weighted by Crippen LogP contribution is 2.25. The fraction of sp³-hybridized carbons (Fsp3) is 0.650. The van der Waals surface area contributed by atoms with E-state index in [1.54, 1.807) is 19.1 Å². The first-order valence-electron chi connectivity index (χ1n) is 30.2. The van der Waals surface area contributed by atoms with E-state index in [4.69, 9.17) is 40.1 Å². The Labute approximate surface area is 511 Å². The average Bonchev–Trinajstić information content (AvgIpc) is 3.38. The Morgan fingerprint density at radius 3 is 1.43 bits per heavy atom. The molecule has 0 radical (unpaired) electrons.